The summed E-state index contributed by atoms with van der Waals surface area (Å²) in [5.74, 6) is 0.629. The molecule has 0 atom stereocenters. The van der Waals surface area contributed by atoms with Crippen LogP contribution in [0.2, 0.25) is 0 Å². The van der Waals surface area contributed by atoms with Crippen molar-refractivity contribution in [3.05, 3.63) is 35.8 Å². The lowest BCUT2D eigenvalue weighted by Crippen LogP contribution is -2.25. The quantitative estimate of drug-likeness (QED) is 0.745. The van der Waals surface area contributed by atoms with Gasteiger partial charge in [0.2, 0.25) is 0 Å². The Morgan fingerprint density at radius 3 is 2.90 bits per heavy atom. The van der Waals surface area contributed by atoms with E-state index in [9.17, 15) is 4.79 Å². The minimum atomic E-state index is -0.0813. The van der Waals surface area contributed by atoms with Crippen LogP contribution in [0.15, 0.2) is 24.5 Å². The number of anilines is 1. The van der Waals surface area contributed by atoms with Gasteiger partial charge < -0.3 is 10.6 Å². The first-order chi connectivity index (χ1) is 10.2. The highest BCUT2D eigenvalue weighted by Crippen LogP contribution is 2.10. The molecule has 0 spiro atoms. The molecule has 0 saturated heterocycles. The summed E-state index contributed by atoms with van der Waals surface area (Å²) < 4.78 is 1.74. The molecule has 0 aliphatic carbocycles. The standard InChI is InChI=1S/C14H20N6O/c1-3-12-9-11(10-13(15-2)18-12)14(21)16-5-4-7-20-8-6-17-19-20/h6,8-10H,3-5,7H2,1-2H3,(H,15,18)(H,16,21). The predicted octanol–water partition coefficient (Wildman–Crippen LogP) is 1.10. The van der Waals surface area contributed by atoms with E-state index in [2.05, 4.69) is 25.9 Å². The maximum atomic E-state index is 12.1. The lowest BCUT2D eigenvalue weighted by molar-refractivity contribution is 0.0952. The highest BCUT2D eigenvalue weighted by Gasteiger charge is 2.08. The second-order valence-corrected chi connectivity index (χ2v) is 4.61. The van der Waals surface area contributed by atoms with Crippen LogP contribution in [0.3, 0.4) is 0 Å². The molecule has 21 heavy (non-hydrogen) atoms. The molecule has 0 radical (unpaired) electrons. The highest BCUT2D eigenvalue weighted by atomic mass is 16.1. The van der Waals surface area contributed by atoms with Crippen molar-refractivity contribution in [1.29, 1.82) is 0 Å². The van der Waals surface area contributed by atoms with Gasteiger partial charge in [-0.05, 0) is 25.0 Å². The van der Waals surface area contributed by atoms with E-state index in [4.69, 9.17) is 0 Å². The molecule has 2 heterocycles. The van der Waals surface area contributed by atoms with Crippen LogP contribution in [0.5, 0.6) is 0 Å². The lowest BCUT2D eigenvalue weighted by Gasteiger charge is -2.08. The maximum absolute atomic E-state index is 12.1. The fourth-order valence-electron chi connectivity index (χ4n) is 1.93. The molecule has 2 aromatic rings. The molecule has 1 amide bonds. The first kappa shape index (κ1) is 15.0. The average molecular weight is 288 g/mol. The Bertz CT molecular complexity index is 559. The molecule has 2 N–H and O–H groups in total. The van der Waals surface area contributed by atoms with Crippen molar-refractivity contribution in [2.75, 3.05) is 18.9 Å². The number of rotatable bonds is 7. The van der Waals surface area contributed by atoms with Gasteiger partial charge in [-0.2, -0.15) is 0 Å². The smallest absolute Gasteiger partial charge is 0.251 e. The van der Waals surface area contributed by atoms with E-state index in [0.717, 1.165) is 25.1 Å². The Balaban J connectivity index is 1.87. The first-order valence-electron chi connectivity index (χ1n) is 7.04. The molecule has 112 valence electrons. The van der Waals surface area contributed by atoms with Crippen molar-refractivity contribution in [3.63, 3.8) is 0 Å². The van der Waals surface area contributed by atoms with Gasteiger partial charge in [0.05, 0.1) is 6.20 Å². The van der Waals surface area contributed by atoms with Crippen LogP contribution in [0, 0.1) is 0 Å². The van der Waals surface area contributed by atoms with Crippen LogP contribution in [0.4, 0.5) is 5.82 Å². The van der Waals surface area contributed by atoms with Crippen molar-refractivity contribution >= 4 is 11.7 Å². The van der Waals surface area contributed by atoms with Gasteiger partial charge in [-0.15, -0.1) is 5.10 Å². The third kappa shape index (κ3) is 4.27. The van der Waals surface area contributed by atoms with Gasteiger partial charge in [0, 0.05) is 37.6 Å². The minimum absolute atomic E-state index is 0.0813. The zero-order valence-corrected chi connectivity index (χ0v) is 12.3. The molecule has 0 bridgehead atoms. The number of pyridine rings is 1. The van der Waals surface area contributed by atoms with Crippen LogP contribution in [-0.2, 0) is 13.0 Å². The fourth-order valence-corrected chi connectivity index (χ4v) is 1.93. The number of hydrogen-bond acceptors (Lipinski definition) is 5. The van der Waals surface area contributed by atoms with Crippen molar-refractivity contribution in [2.24, 2.45) is 0 Å². The monoisotopic (exact) mass is 288 g/mol. The second kappa shape index (κ2) is 7.37. The van der Waals surface area contributed by atoms with E-state index < -0.39 is 0 Å². The SMILES string of the molecule is CCc1cc(C(=O)NCCCn2ccnn2)cc(NC)n1. The van der Waals surface area contributed by atoms with Gasteiger partial charge in [-0.1, -0.05) is 12.1 Å². The summed E-state index contributed by atoms with van der Waals surface area (Å²) in [6.07, 6.45) is 5.04. The van der Waals surface area contributed by atoms with Crippen molar-refractivity contribution < 1.29 is 4.79 Å². The molecule has 0 aliphatic rings. The molecule has 0 saturated carbocycles. The maximum Gasteiger partial charge on any atom is 0.251 e. The number of carbonyl (C=O) groups is 1. The summed E-state index contributed by atoms with van der Waals surface area (Å²) in [7, 11) is 1.79. The number of nitrogens with one attached hydrogen (secondary N) is 2. The van der Waals surface area contributed by atoms with Gasteiger partial charge in [0.1, 0.15) is 5.82 Å². The van der Waals surface area contributed by atoms with E-state index in [-0.39, 0.29) is 5.91 Å². The van der Waals surface area contributed by atoms with E-state index in [1.54, 1.807) is 30.2 Å². The number of aryl methyl sites for hydroxylation is 2. The van der Waals surface area contributed by atoms with E-state index in [1.807, 2.05) is 13.0 Å². The van der Waals surface area contributed by atoms with Crippen molar-refractivity contribution in [2.45, 2.75) is 26.3 Å². The summed E-state index contributed by atoms with van der Waals surface area (Å²) in [6, 6.07) is 3.58. The zero-order valence-electron chi connectivity index (χ0n) is 12.3. The largest absolute Gasteiger partial charge is 0.373 e. The van der Waals surface area contributed by atoms with Crippen LogP contribution >= 0.6 is 0 Å². The van der Waals surface area contributed by atoms with Gasteiger partial charge in [-0.3, -0.25) is 9.48 Å². The lowest BCUT2D eigenvalue weighted by atomic mass is 10.2. The molecule has 0 aliphatic heterocycles. The van der Waals surface area contributed by atoms with Gasteiger partial charge in [-0.25, -0.2) is 4.98 Å². The van der Waals surface area contributed by atoms with Gasteiger partial charge in [0.15, 0.2) is 0 Å². The summed E-state index contributed by atoms with van der Waals surface area (Å²) in [5, 5.41) is 13.5. The predicted molar refractivity (Wildman–Crippen MR) is 80.1 cm³/mol. The number of nitrogens with zero attached hydrogens (tertiary/aromatic N) is 4. The van der Waals surface area contributed by atoms with Crippen LogP contribution in [0.1, 0.15) is 29.4 Å². The molecule has 2 aromatic heterocycles. The molecular weight excluding hydrogens is 268 g/mol. The Kier molecular flexibility index (Phi) is 5.25. The van der Waals surface area contributed by atoms with Crippen LogP contribution in [-0.4, -0.2) is 39.5 Å². The zero-order chi connectivity index (χ0) is 15.1. The third-order valence-corrected chi connectivity index (χ3v) is 3.08. The first-order valence-corrected chi connectivity index (χ1v) is 7.04. The molecule has 0 aromatic carbocycles. The summed E-state index contributed by atoms with van der Waals surface area (Å²) >= 11 is 0. The summed E-state index contributed by atoms with van der Waals surface area (Å²) in [5.41, 5.74) is 1.53. The number of amides is 1. The van der Waals surface area contributed by atoms with Gasteiger partial charge >= 0.3 is 0 Å². The van der Waals surface area contributed by atoms with E-state index in [1.165, 1.54) is 0 Å². The van der Waals surface area contributed by atoms with E-state index in [0.29, 0.717) is 17.9 Å². The summed E-state index contributed by atoms with van der Waals surface area (Å²) in [4.78, 5) is 16.5. The molecule has 0 fully saturated rings. The Hall–Kier alpha value is -2.44. The van der Waals surface area contributed by atoms with Crippen LogP contribution in [0.25, 0.3) is 0 Å². The Morgan fingerprint density at radius 2 is 2.24 bits per heavy atom. The summed E-state index contributed by atoms with van der Waals surface area (Å²) in [6.45, 7) is 3.34. The van der Waals surface area contributed by atoms with E-state index >= 15 is 0 Å². The average Bonchev–Trinajstić information content (AvgIpc) is 3.04. The van der Waals surface area contributed by atoms with Crippen LogP contribution < -0.4 is 10.6 Å². The molecule has 0 unspecified atom stereocenters. The Labute approximate surface area is 123 Å². The molecule has 7 nitrogen and oxygen atoms in total. The number of hydrogen-bond donors (Lipinski definition) is 2. The second-order valence-electron chi connectivity index (χ2n) is 4.61. The molecular formula is C14H20N6O. The third-order valence-electron chi connectivity index (χ3n) is 3.08. The topological polar surface area (TPSA) is 84.7 Å². The minimum Gasteiger partial charge on any atom is -0.373 e. The highest BCUT2D eigenvalue weighted by molar-refractivity contribution is 5.94. The van der Waals surface area contributed by atoms with Crippen molar-refractivity contribution in [1.82, 2.24) is 25.3 Å². The normalized spacial score (nSPS) is 10.4. The molecule has 2 rings (SSSR count). The van der Waals surface area contributed by atoms with Crippen molar-refractivity contribution in [3.8, 4) is 0 Å². The molecule has 7 heteroatoms. The fraction of sp³-hybridized carbons (Fsp3) is 0.429. The van der Waals surface area contributed by atoms with Gasteiger partial charge in [0.25, 0.3) is 5.91 Å². The number of aromatic nitrogens is 4. The Morgan fingerprint density at radius 1 is 1.38 bits per heavy atom. The number of carbonyl (C=O) groups excluding carboxylic acids is 1.